The fourth-order valence-electron chi connectivity index (χ4n) is 1.68. The molecule has 0 aliphatic rings. The van der Waals surface area contributed by atoms with Gasteiger partial charge in [-0.25, -0.2) is 0 Å². The second-order valence-corrected chi connectivity index (χ2v) is 7.16. The molecule has 0 bridgehead atoms. The zero-order valence-corrected chi connectivity index (χ0v) is 18.6. The van der Waals surface area contributed by atoms with E-state index in [0.717, 1.165) is 11.3 Å². The average molecular weight is 396 g/mol. The Morgan fingerprint density at radius 2 is 1.27 bits per heavy atom. The molecule has 26 heavy (non-hydrogen) atoms. The molecule has 0 aromatic carbocycles. The molecule has 0 atom stereocenters. The Hall–Kier alpha value is -1.96. The minimum atomic E-state index is -0.0893. The van der Waals surface area contributed by atoms with E-state index in [1.165, 1.54) is 0 Å². The topological polar surface area (TPSA) is 78.1 Å². The predicted molar refractivity (Wildman–Crippen MR) is 114 cm³/mol. The molecule has 0 rings (SSSR count). The van der Waals surface area contributed by atoms with Gasteiger partial charge in [-0.1, -0.05) is 5.57 Å². The lowest BCUT2D eigenvalue weighted by Gasteiger charge is -2.23. The molecule has 0 radical (unpaired) electrons. The third-order valence-electron chi connectivity index (χ3n) is 2.62. The zero-order chi connectivity index (χ0) is 20.9. The third kappa shape index (κ3) is 11.6. The van der Waals surface area contributed by atoms with Crippen LogP contribution in [0.15, 0.2) is 22.4 Å². The number of hydrogen-bond donors (Lipinski definition) is 1. The van der Waals surface area contributed by atoms with Crippen molar-refractivity contribution in [3.8, 4) is 12.1 Å². The number of rotatable bonds is 5. The van der Waals surface area contributed by atoms with Crippen molar-refractivity contribution in [1.82, 2.24) is 5.32 Å². The van der Waals surface area contributed by atoms with E-state index in [-0.39, 0.29) is 10.6 Å². The Kier molecular flexibility index (Phi) is 13.4. The predicted octanol–water partition coefficient (Wildman–Crippen LogP) is 4.75. The molecular weight excluding hydrogens is 366 g/mol. The summed E-state index contributed by atoms with van der Waals surface area (Å²) in [6.45, 7) is 16.2. The number of ether oxygens (including phenoxy) is 2. The first kappa shape index (κ1) is 26.3. The first-order chi connectivity index (χ1) is 11.9. The minimum absolute atomic E-state index is 0.0893. The smallest absolute Gasteiger partial charge is 0.203 e. The van der Waals surface area contributed by atoms with E-state index in [1.807, 2.05) is 61.5 Å². The van der Waals surface area contributed by atoms with Gasteiger partial charge in [0.2, 0.25) is 10.1 Å². The van der Waals surface area contributed by atoms with Crippen molar-refractivity contribution in [1.29, 1.82) is 10.5 Å². The summed E-state index contributed by atoms with van der Waals surface area (Å²) >= 11 is 9.84. The van der Waals surface area contributed by atoms with Crippen LogP contribution in [0.25, 0.3) is 0 Å². The van der Waals surface area contributed by atoms with Crippen LogP contribution in [0.4, 0.5) is 0 Å². The Morgan fingerprint density at radius 3 is 1.54 bits per heavy atom. The number of allylic oxidation sites excluding steroid dienone is 2. The highest BCUT2D eigenvalue weighted by Crippen LogP contribution is 2.10. The maximum absolute atomic E-state index is 8.97. The van der Waals surface area contributed by atoms with Crippen LogP contribution in [0.3, 0.4) is 0 Å². The Labute approximate surface area is 168 Å². The molecule has 0 aliphatic heterocycles. The summed E-state index contributed by atoms with van der Waals surface area (Å²) in [5.74, 6) is 0. The van der Waals surface area contributed by atoms with E-state index in [0.29, 0.717) is 29.4 Å². The molecule has 0 spiro atoms. The van der Waals surface area contributed by atoms with Crippen LogP contribution in [0, 0.1) is 22.7 Å². The molecule has 0 amide bonds. The van der Waals surface area contributed by atoms with Crippen molar-refractivity contribution < 1.29 is 9.47 Å². The van der Waals surface area contributed by atoms with Gasteiger partial charge in [-0.05, 0) is 79.8 Å². The summed E-state index contributed by atoms with van der Waals surface area (Å²) in [5, 5.41) is 21.4. The number of nitrogens with zero attached hydrogens (tertiary/aromatic N) is 2. The zero-order valence-electron chi connectivity index (χ0n) is 16.9. The quantitative estimate of drug-likeness (QED) is 0.409. The number of hydrogen-bond acceptors (Lipinski definition) is 7. The molecule has 0 unspecified atom stereocenters. The molecular formula is C19H29N3O2S2. The molecule has 0 saturated carbocycles. The highest BCUT2D eigenvalue weighted by Gasteiger charge is 2.15. The largest absolute Gasteiger partial charge is 0.483 e. The number of nitrogens with one attached hydrogen (secondary N) is 1. The molecule has 0 saturated heterocycles. The summed E-state index contributed by atoms with van der Waals surface area (Å²) < 4.78 is 10.1. The van der Waals surface area contributed by atoms with Gasteiger partial charge >= 0.3 is 0 Å². The van der Waals surface area contributed by atoms with E-state index in [9.17, 15) is 0 Å². The maximum atomic E-state index is 8.97. The summed E-state index contributed by atoms with van der Waals surface area (Å²) in [7, 11) is 0. The second-order valence-electron chi connectivity index (χ2n) is 6.41. The maximum Gasteiger partial charge on any atom is 0.203 e. The lowest BCUT2D eigenvalue weighted by atomic mass is 10.1. The van der Waals surface area contributed by atoms with Gasteiger partial charge in [0, 0.05) is 11.2 Å². The highest BCUT2D eigenvalue weighted by molar-refractivity contribution is 7.80. The van der Waals surface area contributed by atoms with Crippen LogP contribution >= 0.6 is 24.4 Å². The average Bonchev–Trinajstić information content (AvgIpc) is 2.47. The van der Waals surface area contributed by atoms with Gasteiger partial charge < -0.3 is 14.8 Å². The second kappa shape index (κ2) is 13.3. The van der Waals surface area contributed by atoms with Crippen molar-refractivity contribution in [3.05, 3.63) is 22.4 Å². The number of nitriles is 2. The SMILES string of the molecule is CCOC(=S)C(C#N)=C(C)C.CCOC(=S)C(C#N)=C(C)NC(C)(C)C. The van der Waals surface area contributed by atoms with Gasteiger partial charge in [0.05, 0.1) is 13.2 Å². The van der Waals surface area contributed by atoms with Crippen LogP contribution in [0.5, 0.6) is 0 Å². The molecule has 0 aromatic rings. The van der Waals surface area contributed by atoms with Crippen molar-refractivity contribution in [3.63, 3.8) is 0 Å². The van der Waals surface area contributed by atoms with Crippen LogP contribution < -0.4 is 5.32 Å². The lowest BCUT2D eigenvalue weighted by Crippen LogP contribution is -2.35. The molecule has 0 aliphatic carbocycles. The van der Waals surface area contributed by atoms with Gasteiger partial charge in [0.1, 0.15) is 23.3 Å². The monoisotopic (exact) mass is 395 g/mol. The van der Waals surface area contributed by atoms with Crippen LogP contribution in [0.2, 0.25) is 0 Å². The number of thiocarbonyl (C=S) groups is 2. The van der Waals surface area contributed by atoms with Gasteiger partial charge in [-0.2, -0.15) is 10.5 Å². The first-order valence-corrected chi connectivity index (χ1v) is 9.07. The first-order valence-electron chi connectivity index (χ1n) is 8.26. The van der Waals surface area contributed by atoms with Gasteiger partial charge in [0.15, 0.2) is 0 Å². The molecule has 1 N–H and O–H groups in total. The minimum Gasteiger partial charge on any atom is -0.483 e. The Balaban J connectivity index is 0. The highest BCUT2D eigenvalue weighted by atomic mass is 32.1. The molecule has 7 heteroatoms. The fourth-order valence-corrected chi connectivity index (χ4v) is 2.36. The summed E-state index contributed by atoms with van der Waals surface area (Å²) in [4.78, 5) is 0. The third-order valence-corrected chi connectivity index (χ3v) is 3.26. The summed E-state index contributed by atoms with van der Waals surface area (Å²) in [6.07, 6.45) is 0. The van der Waals surface area contributed by atoms with E-state index < -0.39 is 0 Å². The van der Waals surface area contributed by atoms with Crippen molar-refractivity contribution in [2.75, 3.05) is 13.2 Å². The van der Waals surface area contributed by atoms with Gasteiger partial charge in [0.25, 0.3) is 0 Å². The van der Waals surface area contributed by atoms with Crippen molar-refractivity contribution in [2.45, 2.75) is 60.9 Å². The van der Waals surface area contributed by atoms with Gasteiger partial charge in [-0.3, -0.25) is 0 Å². The molecule has 0 aromatic heterocycles. The van der Waals surface area contributed by atoms with Crippen molar-refractivity contribution in [2.24, 2.45) is 0 Å². The molecule has 0 heterocycles. The van der Waals surface area contributed by atoms with Crippen LogP contribution in [-0.2, 0) is 9.47 Å². The molecule has 144 valence electrons. The summed E-state index contributed by atoms with van der Waals surface area (Å²) in [5.41, 5.74) is 2.44. The normalized spacial score (nSPS) is 10.7. The van der Waals surface area contributed by atoms with Crippen LogP contribution in [0.1, 0.15) is 55.4 Å². The Morgan fingerprint density at radius 1 is 0.885 bits per heavy atom. The van der Waals surface area contributed by atoms with E-state index >= 15 is 0 Å². The molecule has 0 fully saturated rings. The Bertz CT molecular complexity index is 641. The van der Waals surface area contributed by atoms with Crippen molar-refractivity contribution >= 4 is 34.5 Å². The summed E-state index contributed by atoms with van der Waals surface area (Å²) in [6, 6.07) is 4.06. The van der Waals surface area contributed by atoms with E-state index in [2.05, 4.69) is 11.4 Å². The van der Waals surface area contributed by atoms with Gasteiger partial charge in [-0.15, -0.1) is 0 Å². The standard InChI is InChI=1S/C11H18N2OS.C8H11NOS/c1-6-14-10(15)9(7-12)8(2)13-11(3,4)5;1-4-10-8(11)7(5-9)6(2)3/h13H,6H2,1-5H3;4H2,1-3H3. The molecule has 5 nitrogen and oxygen atoms in total. The lowest BCUT2D eigenvalue weighted by molar-refractivity contribution is 0.337. The van der Waals surface area contributed by atoms with E-state index in [4.69, 9.17) is 44.4 Å². The van der Waals surface area contributed by atoms with Crippen LogP contribution in [-0.4, -0.2) is 28.9 Å². The van der Waals surface area contributed by atoms with E-state index in [1.54, 1.807) is 0 Å². The fraction of sp³-hybridized carbons (Fsp3) is 0.579.